The molecule has 4 nitrogen and oxygen atoms in total. The fraction of sp³-hybridized carbons (Fsp3) is 0.500. The highest BCUT2D eigenvalue weighted by atomic mass is 32.1. The first-order chi connectivity index (χ1) is 9.24. The standard InChI is InChI=1S/C14H18N2O2S/c1-10-4-3-5-12-13(10)15-14(19-12)16(2)8-11-9-17-6-7-18-11/h3-5,11H,6-9H2,1-2H3. The molecule has 1 aliphatic heterocycles. The first-order valence-corrected chi connectivity index (χ1v) is 7.32. The third-order valence-electron chi connectivity index (χ3n) is 3.30. The number of benzene rings is 1. The Labute approximate surface area is 117 Å². The number of aromatic nitrogens is 1. The van der Waals surface area contributed by atoms with Crippen molar-refractivity contribution in [3.05, 3.63) is 23.8 Å². The first-order valence-electron chi connectivity index (χ1n) is 6.50. The lowest BCUT2D eigenvalue weighted by Gasteiger charge is -2.27. The lowest BCUT2D eigenvalue weighted by Crippen LogP contribution is -2.38. The Balaban J connectivity index is 1.77. The van der Waals surface area contributed by atoms with Gasteiger partial charge in [0.2, 0.25) is 0 Å². The van der Waals surface area contributed by atoms with E-state index in [0.29, 0.717) is 19.8 Å². The summed E-state index contributed by atoms with van der Waals surface area (Å²) in [6, 6.07) is 6.30. The molecule has 1 unspecified atom stereocenters. The number of fused-ring (bicyclic) bond motifs is 1. The normalized spacial score (nSPS) is 19.8. The van der Waals surface area contributed by atoms with Crippen LogP contribution in [0.2, 0.25) is 0 Å². The average Bonchev–Trinajstić information content (AvgIpc) is 2.85. The van der Waals surface area contributed by atoms with Crippen LogP contribution in [0.5, 0.6) is 0 Å². The van der Waals surface area contributed by atoms with Crippen LogP contribution >= 0.6 is 11.3 Å². The highest BCUT2D eigenvalue weighted by Gasteiger charge is 2.18. The quantitative estimate of drug-likeness (QED) is 0.864. The maximum atomic E-state index is 5.68. The van der Waals surface area contributed by atoms with Crippen LogP contribution in [0.15, 0.2) is 18.2 Å². The van der Waals surface area contributed by atoms with E-state index in [1.54, 1.807) is 11.3 Å². The lowest BCUT2D eigenvalue weighted by atomic mass is 10.2. The Morgan fingerprint density at radius 3 is 3.05 bits per heavy atom. The van der Waals surface area contributed by atoms with E-state index in [4.69, 9.17) is 14.5 Å². The number of nitrogens with zero attached hydrogens (tertiary/aromatic N) is 2. The number of hydrogen-bond acceptors (Lipinski definition) is 5. The van der Waals surface area contributed by atoms with E-state index >= 15 is 0 Å². The number of para-hydroxylation sites is 1. The molecule has 0 N–H and O–H groups in total. The van der Waals surface area contributed by atoms with Crippen molar-refractivity contribution >= 4 is 26.7 Å². The number of likely N-dealkylation sites (N-methyl/N-ethyl adjacent to an activating group) is 1. The molecule has 1 aromatic carbocycles. The van der Waals surface area contributed by atoms with E-state index in [0.717, 1.165) is 17.2 Å². The number of hydrogen-bond donors (Lipinski definition) is 0. The zero-order valence-corrected chi connectivity index (χ0v) is 12.1. The predicted octanol–water partition coefficient (Wildman–Crippen LogP) is 2.46. The molecule has 0 aliphatic carbocycles. The summed E-state index contributed by atoms with van der Waals surface area (Å²) in [6.45, 7) is 5.00. The van der Waals surface area contributed by atoms with E-state index in [9.17, 15) is 0 Å². The second-order valence-electron chi connectivity index (χ2n) is 4.87. The smallest absolute Gasteiger partial charge is 0.186 e. The molecular formula is C14H18N2O2S. The zero-order valence-electron chi connectivity index (χ0n) is 11.3. The molecule has 2 aromatic rings. The van der Waals surface area contributed by atoms with Gasteiger partial charge in [-0.15, -0.1) is 0 Å². The SMILES string of the molecule is Cc1cccc2sc(N(C)CC3COCCO3)nc12. The molecule has 0 bridgehead atoms. The third-order valence-corrected chi connectivity index (χ3v) is 4.43. The Bertz CT molecular complexity index is 564. The van der Waals surface area contributed by atoms with E-state index < -0.39 is 0 Å². The molecule has 0 radical (unpaired) electrons. The number of thiazole rings is 1. The molecule has 5 heteroatoms. The summed E-state index contributed by atoms with van der Waals surface area (Å²) in [5, 5.41) is 1.04. The fourth-order valence-electron chi connectivity index (χ4n) is 2.26. The monoisotopic (exact) mass is 278 g/mol. The van der Waals surface area contributed by atoms with E-state index in [1.165, 1.54) is 10.3 Å². The maximum absolute atomic E-state index is 5.68. The van der Waals surface area contributed by atoms with Gasteiger partial charge in [-0.2, -0.15) is 0 Å². The highest BCUT2D eigenvalue weighted by Crippen LogP contribution is 2.30. The molecule has 2 heterocycles. The molecule has 0 spiro atoms. The molecule has 3 rings (SSSR count). The molecule has 1 aliphatic rings. The molecule has 1 atom stereocenters. The first kappa shape index (κ1) is 12.8. The molecule has 0 amide bonds. The van der Waals surface area contributed by atoms with Gasteiger partial charge < -0.3 is 14.4 Å². The van der Waals surface area contributed by atoms with Crippen LogP contribution in [0.3, 0.4) is 0 Å². The van der Waals surface area contributed by atoms with Crippen molar-refractivity contribution in [2.45, 2.75) is 13.0 Å². The number of rotatable bonds is 3. The van der Waals surface area contributed by atoms with Crippen LogP contribution in [0.1, 0.15) is 5.56 Å². The van der Waals surface area contributed by atoms with Gasteiger partial charge in [-0.1, -0.05) is 23.5 Å². The number of aryl methyl sites for hydroxylation is 1. The zero-order chi connectivity index (χ0) is 13.2. The summed E-state index contributed by atoms with van der Waals surface area (Å²) >= 11 is 1.73. The van der Waals surface area contributed by atoms with Gasteiger partial charge in [0.25, 0.3) is 0 Å². The van der Waals surface area contributed by atoms with E-state index in [1.807, 2.05) is 0 Å². The van der Waals surface area contributed by atoms with Gasteiger partial charge in [0.1, 0.15) is 0 Å². The Morgan fingerprint density at radius 2 is 2.32 bits per heavy atom. The van der Waals surface area contributed by atoms with Crippen molar-refractivity contribution < 1.29 is 9.47 Å². The molecule has 1 fully saturated rings. The summed E-state index contributed by atoms with van der Waals surface area (Å²) in [7, 11) is 2.06. The minimum absolute atomic E-state index is 0.145. The van der Waals surface area contributed by atoms with Gasteiger partial charge in [-0.05, 0) is 18.6 Å². The van der Waals surface area contributed by atoms with Crippen LogP contribution in [-0.2, 0) is 9.47 Å². The predicted molar refractivity (Wildman–Crippen MR) is 78.2 cm³/mol. The molecule has 102 valence electrons. The van der Waals surface area contributed by atoms with E-state index in [-0.39, 0.29) is 6.10 Å². The van der Waals surface area contributed by atoms with Crippen molar-refractivity contribution in [1.29, 1.82) is 0 Å². The fourth-order valence-corrected chi connectivity index (χ4v) is 3.28. The average molecular weight is 278 g/mol. The Morgan fingerprint density at radius 1 is 1.42 bits per heavy atom. The van der Waals surface area contributed by atoms with Gasteiger partial charge >= 0.3 is 0 Å². The van der Waals surface area contributed by atoms with Crippen LogP contribution < -0.4 is 4.90 Å². The second kappa shape index (κ2) is 5.45. The van der Waals surface area contributed by atoms with Crippen molar-refractivity contribution in [2.24, 2.45) is 0 Å². The highest BCUT2D eigenvalue weighted by molar-refractivity contribution is 7.22. The second-order valence-corrected chi connectivity index (χ2v) is 5.88. The van der Waals surface area contributed by atoms with Gasteiger partial charge in [-0.3, -0.25) is 0 Å². The topological polar surface area (TPSA) is 34.6 Å². The molecule has 1 saturated heterocycles. The van der Waals surface area contributed by atoms with Gasteiger partial charge in [0, 0.05) is 13.6 Å². The molecule has 1 aromatic heterocycles. The van der Waals surface area contributed by atoms with Gasteiger partial charge in [0.05, 0.1) is 36.1 Å². The largest absolute Gasteiger partial charge is 0.376 e. The van der Waals surface area contributed by atoms with Crippen LogP contribution in [0.4, 0.5) is 5.13 Å². The van der Waals surface area contributed by atoms with Crippen LogP contribution in [-0.4, -0.2) is 44.5 Å². The summed E-state index contributed by atoms with van der Waals surface area (Å²) in [4.78, 5) is 6.88. The van der Waals surface area contributed by atoms with Crippen molar-refractivity contribution in [1.82, 2.24) is 4.98 Å². The van der Waals surface area contributed by atoms with E-state index in [2.05, 4.69) is 37.1 Å². The number of ether oxygens (including phenoxy) is 2. The minimum Gasteiger partial charge on any atom is -0.376 e. The van der Waals surface area contributed by atoms with Crippen molar-refractivity contribution in [3.8, 4) is 0 Å². The van der Waals surface area contributed by atoms with Crippen LogP contribution in [0.25, 0.3) is 10.2 Å². The summed E-state index contributed by atoms with van der Waals surface area (Å²) < 4.78 is 12.3. The summed E-state index contributed by atoms with van der Waals surface area (Å²) in [6.07, 6.45) is 0.145. The maximum Gasteiger partial charge on any atom is 0.186 e. The van der Waals surface area contributed by atoms with Crippen LogP contribution in [0, 0.1) is 6.92 Å². The summed E-state index contributed by atoms with van der Waals surface area (Å²) in [5.74, 6) is 0. The van der Waals surface area contributed by atoms with Gasteiger partial charge in [-0.25, -0.2) is 4.98 Å². The Hall–Kier alpha value is -1.17. The molecule has 0 saturated carbocycles. The van der Waals surface area contributed by atoms with Crippen molar-refractivity contribution in [3.63, 3.8) is 0 Å². The third kappa shape index (κ3) is 2.73. The molecular weight excluding hydrogens is 260 g/mol. The lowest BCUT2D eigenvalue weighted by molar-refractivity contribution is -0.0837. The van der Waals surface area contributed by atoms with Gasteiger partial charge in [0.15, 0.2) is 5.13 Å². The molecule has 19 heavy (non-hydrogen) atoms. The Kier molecular flexibility index (Phi) is 3.68. The summed E-state index contributed by atoms with van der Waals surface area (Å²) in [5.41, 5.74) is 2.33. The minimum atomic E-state index is 0.145. The number of anilines is 1. The van der Waals surface area contributed by atoms with Crippen molar-refractivity contribution in [2.75, 3.05) is 38.3 Å².